The molecule has 0 heterocycles. The molecule has 0 aromatic heterocycles. The van der Waals surface area contributed by atoms with Crippen LogP contribution in [-0.2, 0) is 0 Å². The van der Waals surface area contributed by atoms with Crippen LogP contribution in [0.5, 0.6) is 0 Å². The Labute approximate surface area is 81.9 Å². The van der Waals surface area contributed by atoms with Crippen molar-refractivity contribution in [2.24, 2.45) is 0 Å². The fourth-order valence-electron chi connectivity index (χ4n) is 1.95. The van der Waals surface area contributed by atoms with Crippen LogP contribution in [0.1, 0.15) is 33.1 Å². The Hall–Kier alpha value is -0.520. The molecule has 0 aliphatic carbocycles. The molecule has 0 rings (SSSR count). The third kappa shape index (κ3) is 2.46. The van der Waals surface area contributed by atoms with Crippen LogP contribution in [0.4, 0.5) is 0 Å². The van der Waals surface area contributed by atoms with Crippen LogP contribution in [-0.4, -0.2) is 35.7 Å². The summed E-state index contributed by atoms with van der Waals surface area (Å²) in [7, 11) is 3.99. The Morgan fingerprint density at radius 3 is 2.08 bits per heavy atom. The quantitative estimate of drug-likeness (QED) is 0.653. The summed E-state index contributed by atoms with van der Waals surface area (Å²) in [5.41, 5.74) is -0.160. The van der Waals surface area contributed by atoms with Gasteiger partial charge >= 0.3 is 0 Å². The lowest BCUT2D eigenvalue weighted by atomic mass is 9.84. The second-order valence-corrected chi connectivity index (χ2v) is 3.63. The summed E-state index contributed by atoms with van der Waals surface area (Å²) in [5.74, 6) is 2.52. The van der Waals surface area contributed by atoms with Crippen LogP contribution in [0.3, 0.4) is 0 Å². The van der Waals surface area contributed by atoms with Gasteiger partial charge in [-0.15, -0.1) is 12.3 Å². The number of hydrogen-bond donors (Lipinski definition) is 1. The molecule has 0 saturated heterocycles. The molecule has 0 spiro atoms. The van der Waals surface area contributed by atoms with E-state index < -0.39 is 6.10 Å². The lowest BCUT2D eigenvalue weighted by molar-refractivity contribution is -0.00981. The van der Waals surface area contributed by atoms with Crippen LogP contribution >= 0.6 is 0 Å². The van der Waals surface area contributed by atoms with Gasteiger partial charge in [-0.05, 0) is 26.9 Å². The predicted molar refractivity (Wildman–Crippen MR) is 56.5 cm³/mol. The van der Waals surface area contributed by atoms with E-state index >= 15 is 0 Å². The molecule has 1 atom stereocenters. The first kappa shape index (κ1) is 12.5. The van der Waals surface area contributed by atoms with E-state index in [-0.39, 0.29) is 5.54 Å². The van der Waals surface area contributed by atoms with Gasteiger partial charge in [-0.25, -0.2) is 0 Å². The van der Waals surface area contributed by atoms with Crippen LogP contribution < -0.4 is 0 Å². The van der Waals surface area contributed by atoms with Gasteiger partial charge in [0, 0.05) is 12.0 Å². The molecule has 13 heavy (non-hydrogen) atoms. The topological polar surface area (TPSA) is 23.5 Å². The van der Waals surface area contributed by atoms with Crippen molar-refractivity contribution in [1.29, 1.82) is 0 Å². The first-order valence-electron chi connectivity index (χ1n) is 4.84. The minimum atomic E-state index is -0.428. The Kier molecular flexibility index (Phi) is 5.05. The van der Waals surface area contributed by atoms with E-state index in [1.54, 1.807) is 0 Å². The summed E-state index contributed by atoms with van der Waals surface area (Å²) in [6, 6.07) is 0. The van der Waals surface area contributed by atoms with Gasteiger partial charge in [-0.2, -0.15) is 0 Å². The standard InChI is InChI=1S/C11H21NO/c1-6-9-10(13)11(7-2,8-3)12(4)5/h1,10,13H,7-9H2,2-5H3. The van der Waals surface area contributed by atoms with Gasteiger partial charge in [0.05, 0.1) is 6.10 Å². The van der Waals surface area contributed by atoms with Crippen LogP contribution in [0.15, 0.2) is 0 Å². The highest BCUT2D eigenvalue weighted by Gasteiger charge is 2.35. The van der Waals surface area contributed by atoms with Gasteiger partial charge in [-0.1, -0.05) is 13.8 Å². The lowest BCUT2D eigenvalue weighted by Crippen LogP contribution is -2.52. The monoisotopic (exact) mass is 183 g/mol. The molecule has 0 aromatic rings. The Morgan fingerprint density at radius 2 is 1.85 bits per heavy atom. The van der Waals surface area contributed by atoms with Crippen molar-refractivity contribution in [2.45, 2.75) is 44.8 Å². The highest BCUT2D eigenvalue weighted by Crippen LogP contribution is 2.27. The largest absolute Gasteiger partial charge is 0.390 e. The number of likely N-dealkylation sites (N-methyl/N-ethyl adjacent to an activating group) is 1. The average Bonchev–Trinajstić information content (AvgIpc) is 2.07. The van der Waals surface area contributed by atoms with Gasteiger partial charge in [0.15, 0.2) is 0 Å². The molecule has 0 saturated carbocycles. The van der Waals surface area contributed by atoms with Crippen LogP contribution in [0, 0.1) is 12.3 Å². The highest BCUT2D eigenvalue weighted by atomic mass is 16.3. The Bertz CT molecular complexity index is 177. The zero-order valence-electron chi connectivity index (χ0n) is 9.17. The molecule has 0 bridgehead atoms. The van der Waals surface area contributed by atoms with Gasteiger partial charge < -0.3 is 10.0 Å². The smallest absolute Gasteiger partial charge is 0.0832 e. The summed E-state index contributed by atoms with van der Waals surface area (Å²) < 4.78 is 0. The van der Waals surface area contributed by atoms with Gasteiger partial charge in [0.1, 0.15) is 0 Å². The molecule has 0 amide bonds. The van der Waals surface area contributed by atoms with E-state index in [1.807, 2.05) is 14.1 Å². The maximum atomic E-state index is 9.95. The number of rotatable bonds is 5. The zero-order valence-corrected chi connectivity index (χ0v) is 9.17. The van der Waals surface area contributed by atoms with Crippen LogP contribution in [0.2, 0.25) is 0 Å². The first-order valence-corrected chi connectivity index (χ1v) is 4.84. The second-order valence-electron chi connectivity index (χ2n) is 3.63. The van der Waals surface area contributed by atoms with Gasteiger partial charge in [-0.3, -0.25) is 0 Å². The normalized spacial score (nSPS) is 14.2. The molecule has 2 heteroatoms. The molecule has 1 unspecified atom stereocenters. The number of terminal acetylenes is 1. The van der Waals surface area contributed by atoms with E-state index in [0.29, 0.717) is 6.42 Å². The van der Waals surface area contributed by atoms with Gasteiger partial charge in [0.2, 0.25) is 0 Å². The first-order chi connectivity index (χ1) is 6.05. The zero-order chi connectivity index (χ0) is 10.5. The van der Waals surface area contributed by atoms with E-state index in [0.717, 1.165) is 12.8 Å². The maximum absolute atomic E-state index is 9.95. The molecule has 1 N–H and O–H groups in total. The third-order valence-corrected chi connectivity index (χ3v) is 3.05. The summed E-state index contributed by atoms with van der Waals surface area (Å²) >= 11 is 0. The molecular formula is C11H21NO. The van der Waals surface area contributed by atoms with Gasteiger partial charge in [0.25, 0.3) is 0 Å². The maximum Gasteiger partial charge on any atom is 0.0832 e. The minimum Gasteiger partial charge on any atom is -0.390 e. The molecule has 0 fully saturated rings. The summed E-state index contributed by atoms with van der Waals surface area (Å²) in [5, 5.41) is 9.95. The highest BCUT2D eigenvalue weighted by molar-refractivity contribution is 4.99. The Balaban J connectivity index is 4.66. The van der Waals surface area contributed by atoms with E-state index in [2.05, 4.69) is 24.7 Å². The second kappa shape index (κ2) is 5.26. The number of nitrogens with zero attached hydrogens (tertiary/aromatic N) is 1. The minimum absolute atomic E-state index is 0.160. The number of aliphatic hydroxyl groups excluding tert-OH is 1. The molecule has 0 aromatic carbocycles. The van der Waals surface area contributed by atoms with Crippen molar-refractivity contribution in [3.63, 3.8) is 0 Å². The van der Waals surface area contributed by atoms with Crippen molar-refractivity contribution < 1.29 is 5.11 Å². The summed E-state index contributed by atoms with van der Waals surface area (Å²) in [6.45, 7) is 4.17. The van der Waals surface area contributed by atoms with E-state index in [9.17, 15) is 5.11 Å². The summed E-state index contributed by atoms with van der Waals surface area (Å²) in [6.07, 6.45) is 7.04. The van der Waals surface area contributed by atoms with Crippen molar-refractivity contribution in [3.05, 3.63) is 0 Å². The van der Waals surface area contributed by atoms with Crippen molar-refractivity contribution in [3.8, 4) is 12.3 Å². The molecule has 76 valence electrons. The molecule has 2 nitrogen and oxygen atoms in total. The summed E-state index contributed by atoms with van der Waals surface area (Å²) in [4.78, 5) is 2.08. The molecule has 0 aliphatic rings. The van der Waals surface area contributed by atoms with Crippen molar-refractivity contribution in [1.82, 2.24) is 4.90 Å². The lowest BCUT2D eigenvalue weighted by Gasteiger charge is -2.42. The number of aliphatic hydroxyl groups is 1. The Morgan fingerprint density at radius 1 is 1.38 bits per heavy atom. The molecule has 0 aliphatic heterocycles. The SMILES string of the molecule is C#CCC(O)C(CC)(CC)N(C)C. The molecular weight excluding hydrogens is 162 g/mol. The van der Waals surface area contributed by atoms with E-state index in [1.165, 1.54) is 0 Å². The third-order valence-electron chi connectivity index (χ3n) is 3.05. The average molecular weight is 183 g/mol. The molecule has 0 radical (unpaired) electrons. The van der Waals surface area contributed by atoms with Crippen molar-refractivity contribution >= 4 is 0 Å². The van der Waals surface area contributed by atoms with E-state index in [4.69, 9.17) is 6.42 Å². The van der Waals surface area contributed by atoms with Crippen LogP contribution in [0.25, 0.3) is 0 Å². The fourth-order valence-corrected chi connectivity index (χ4v) is 1.95. The fraction of sp³-hybridized carbons (Fsp3) is 0.818. The van der Waals surface area contributed by atoms with Crippen molar-refractivity contribution in [2.75, 3.05) is 14.1 Å². The number of hydrogen-bond acceptors (Lipinski definition) is 2. The predicted octanol–water partition coefficient (Wildman–Crippen LogP) is 1.49.